The lowest BCUT2D eigenvalue weighted by molar-refractivity contribution is 0.0989. The Kier molecular flexibility index (Phi) is 5.41. The Morgan fingerprint density at radius 1 is 1.00 bits per heavy atom. The second-order valence-electron chi connectivity index (χ2n) is 6.79. The Bertz CT molecular complexity index is 1160. The summed E-state index contributed by atoms with van der Waals surface area (Å²) < 4.78 is 28.1. The molecule has 29 heavy (non-hydrogen) atoms. The first kappa shape index (κ1) is 19.6. The molecule has 0 atom stereocenters. The number of para-hydroxylation sites is 1. The Hall–Kier alpha value is -2.67. The molecule has 5 nitrogen and oxygen atoms in total. The van der Waals surface area contributed by atoms with E-state index < -0.39 is 10.0 Å². The van der Waals surface area contributed by atoms with Gasteiger partial charge in [-0.2, -0.15) is 0 Å². The van der Waals surface area contributed by atoms with Crippen molar-refractivity contribution in [2.75, 3.05) is 11.4 Å². The molecular weight excluding hydrogens is 408 g/mol. The van der Waals surface area contributed by atoms with E-state index in [1.165, 1.54) is 12.1 Å². The molecule has 0 saturated carbocycles. The minimum absolute atomic E-state index is 0.0731. The van der Waals surface area contributed by atoms with Crippen molar-refractivity contribution in [1.29, 1.82) is 0 Å². The highest BCUT2D eigenvalue weighted by atomic mass is 35.5. The number of sulfonamides is 1. The molecule has 1 aliphatic rings. The monoisotopic (exact) mass is 426 g/mol. The topological polar surface area (TPSA) is 66.5 Å². The van der Waals surface area contributed by atoms with Gasteiger partial charge in [-0.15, -0.1) is 0 Å². The molecule has 7 heteroatoms. The maximum atomic E-state index is 13.0. The first-order chi connectivity index (χ1) is 14.0. The number of nitrogens with zero attached hydrogens (tertiary/aromatic N) is 1. The molecule has 148 valence electrons. The summed E-state index contributed by atoms with van der Waals surface area (Å²) >= 11 is 6.16. The van der Waals surface area contributed by atoms with Crippen molar-refractivity contribution in [1.82, 2.24) is 4.72 Å². The van der Waals surface area contributed by atoms with Crippen LogP contribution in [0.5, 0.6) is 0 Å². The van der Waals surface area contributed by atoms with Crippen molar-refractivity contribution in [2.45, 2.75) is 17.9 Å². The standard InChI is InChI=1S/C22H19ClN2O3S/c23-19-11-10-18(22(26)25-13-12-17-8-4-5-9-20(17)25)14-21(19)29(27,28)24-15-16-6-2-1-3-7-16/h1-11,14,24H,12-13,15H2. The number of halogens is 1. The van der Waals surface area contributed by atoms with E-state index in [1.807, 2.05) is 54.6 Å². The van der Waals surface area contributed by atoms with Crippen LogP contribution < -0.4 is 9.62 Å². The molecule has 3 aromatic rings. The fourth-order valence-electron chi connectivity index (χ4n) is 3.40. The lowest BCUT2D eigenvalue weighted by Gasteiger charge is -2.18. The third kappa shape index (κ3) is 4.05. The predicted molar refractivity (Wildman–Crippen MR) is 114 cm³/mol. The van der Waals surface area contributed by atoms with Crippen molar-refractivity contribution in [3.05, 3.63) is 94.5 Å². The second kappa shape index (κ2) is 7.99. The van der Waals surface area contributed by atoms with E-state index >= 15 is 0 Å². The molecule has 0 aliphatic carbocycles. The van der Waals surface area contributed by atoms with Crippen molar-refractivity contribution in [2.24, 2.45) is 0 Å². The minimum Gasteiger partial charge on any atom is -0.308 e. The quantitative estimate of drug-likeness (QED) is 0.670. The van der Waals surface area contributed by atoms with Crippen molar-refractivity contribution < 1.29 is 13.2 Å². The third-order valence-corrected chi connectivity index (χ3v) is 6.79. The summed E-state index contributed by atoms with van der Waals surface area (Å²) in [6, 6.07) is 21.3. The molecule has 3 aromatic carbocycles. The van der Waals surface area contributed by atoms with E-state index in [-0.39, 0.29) is 27.9 Å². The second-order valence-corrected chi connectivity index (χ2v) is 8.93. The minimum atomic E-state index is -3.88. The summed E-state index contributed by atoms with van der Waals surface area (Å²) in [5, 5.41) is 0.0731. The number of amides is 1. The summed E-state index contributed by atoms with van der Waals surface area (Å²) in [7, 11) is -3.88. The van der Waals surface area contributed by atoms with Crippen LogP contribution in [0.3, 0.4) is 0 Å². The van der Waals surface area contributed by atoms with Gasteiger partial charge in [0.15, 0.2) is 0 Å². The van der Waals surface area contributed by atoms with Crippen LogP contribution in [0.4, 0.5) is 5.69 Å². The van der Waals surface area contributed by atoms with E-state index in [1.54, 1.807) is 11.0 Å². The molecule has 0 unspecified atom stereocenters. The molecule has 0 spiro atoms. The van der Waals surface area contributed by atoms with E-state index in [4.69, 9.17) is 11.6 Å². The number of carbonyl (C=O) groups is 1. The molecule has 1 N–H and O–H groups in total. The van der Waals surface area contributed by atoms with Gasteiger partial charge in [0, 0.05) is 24.3 Å². The zero-order valence-corrected chi connectivity index (χ0v) is 17.1. The predicted octanol–water partition coefficient (Wildman–Crippen LogP) is 4.02. The van der Waals surface area contributed by atoms with Crippen LogP contribution in [0.2, 0.25) is 5.02 Å². The largest absolute Gasteiger partial charge is 0.308 e. The summed E-state index contributed by atoms with van der Waals surface area (Å²) in [6.07, 6.45) is 0.777. The number of nitrogens with one attached hydrogen (secondary N) is 1. The highest BCUT2D eigenvalue weighted by Gasteiger charge is 2.27. The molecule has 0 fully saturated rings. The molecule has 0 saturated heterocycles. The number of hydrogen-bond donors (Lipinski definition) is 1. The van der Waals surface area contributed by atoms with Gasteiger partial charge in [-0.25, -0.2) is 13.1 Å². The molecule has 4 rings (SSSR count). The van der Waals surface area contributed by atoms with E-state index in [0.29, 0.717) is 6.54 Å². The molecule has 0 radical (unpaired) electrons. The van der Waals surface area contributed by atoms with Gasteiger partial charge in [0.2, 0.25) is 10.0 Å². The van der Waals surface area contributed by atoms with Crippen molar-refractivity contribution in [3.8, 4) is 0 Å². The van der Waals surface area contributed by atoms with Crippen LogP contribution in [0.1, 0.15) is 21.5 Å². The molecule has 0 aromatic heterocycles. The Labute approximate surface area is 175 Å². The van der Waals surface area contributed by atoms with Gasteiger partial charge in [0.25, 0.3) is 5.91 Å². The Balaban J connectivity index is 1.60. The smallest absolute Gasteiger partial charge is 0.258 e. The maximum absolute atomic E-state index is 13.0. The summed E-state index contributed by atoms with van der Waals surface area (Å²) in [6.45, 7) is 0.701. The number of hydrogen-bond acceptors (Lipinski definition) is 3. The Morgan fingerprint density at radius 2 is 1.72 bits per heavy atom. The Morgan fingerprint density at radius 3 is 2.52 bits per heavy atom. The number of anilines is 1. The van der Waals surface area contributed by atoms with Crippen LogP contribution in [-0.4, -0.2) is 20.9 Å². The van der Waals surface area contributed by atoms with Gasteiger partial charge >= 0.3 is 0 Å². The van der Waals surface area contributed by atoms with Gasteiger partial charge in [0.1, 0.15) is 4.90 Å². The van der Waals surface area contributed by atoms with Crippen molar-refractivity contribution in [3.63, 3.8) is 0 Å². The number of rotatable bonds is 5. The van der Waals surface area contributed by atoms with Gasteiger partial charge in [0.05, 0.1) is 5.02 Å². The highest BCUT2D eigenvalue weighted by molar-refractivity contribution is 7.89. The van der Waals surface area contributed by atoms with Crippen LogP contribution in [0, 0.1) is 0 Å². The third-order valence-electron chi connectivity index (χ3n) is 4.91. The normalized spacial score (nSPS) is 13.3. The molecular formula is C22H19ClN2O3S. The zero-order chi connectivity index (χ0) is 20.4. The molecule has 1 amide bonds. The fraction of sp³-hybridized carbons (Fsp3) is 0.136. The van der Waals surface area contributed by atoms with E-state index in [9.17, 15) is 13.2 Å². The van der Waals surface area contributed by atoms with Crippen LogP contribution in [-0.2, 0) is 23.0 Å². The molecule has 1 aliphatic heterocycles. The van der Waals surface area contributed by atoms with Gasteiger partial charge in [-0.1, -0.05) is 60.1 Å². The number of benzene rings is 3. The molecule has 0 bridgehead atoms. The first-order valence-corrected chi connectivity index (χ1v) is 11.0. The van der Waals surface area contributed by atoms with Crippen molar-refractivity contribution >= 4 is 33.2 Å². The lowest BCUT2D eigenvalue weighted by Crippen LogP contribution is -2.29. The molecule has 1 heterocycles. The average molecular weight is 427 g/mol. The van der Waals surface area contributed by atoms with Crippen LogP contribution in [0.25, 0.3) is 0 Å². The van der Waals surface area contributed by atoms with Crippen LogP contribution in [0.15, 0.2) is 77.7 Å². The van der Waals surface area contributed by atoms with Gasteiger partial charge < -0.3 is 4.90 Å². The van der Waals surface area contributed by atoms with E-state index in [0.717, 1.165) is 23.2 Å². The van der Waals surface area contributed by atoms with Gasteiger partial charge in [-0.05, 0) is 41.8 Å². The maximum Gasteiger partial charge on any atom is 0.258 e. The zero-order valence-electron chi connectivity index (χ0n) is 15.5. The first-order valence-electron chi connectivity index (χ1n) is 9.18. The fourth-order valence-corrected chi connectivity index (χ4v) is 4.94. The van der Waals surface area contributed by atoms with Crippen LogP contribution >= 0.6 is 11.6 Å². The van der Waals surface area contributed by atoms with E-state index in [2.05, 4.69) is 4.72 Å². The number of carbonyl (C=O) groups excluding carboxylic acids is 1. The lowest BCUT2D eigenvalue weighted by atomic mass is 10.1. The average Bonchev–Trinajstić information content (AvgIpc) is 3.17. The summed E-state index contributed by atoms with van der Waals surface area (Å²) in [5.41, 5.74) is 3.07. The van der Waals surface area contributed by atoms with Gasteiger partial charge in [-0.3, -0.25) is 4.79 Å². The SMILES string of the molecule is O=C(c1ccc(Cl)c(S(=O)(=O)NCc2ccccc2)c1)N1CCc2ccccc21. The highest BCUT2D eigenvalue weighted by Crippen LogP contribution is 2.30. The summed E-state index contributed by atoms with van der Waals surface area (Å²) in [5.74, 6) is -0.244. The summed E-state index contributed by atoms with van der Waals surface area (Å²) in [4.78, 5) is 14.6. The number of fused-ring (bicyclic) bond motifs is 1.